The predicted molar refractivity (Wildman–Crippen MR) is 111 cm³/mol. The highest BCUT2D eigenvalue weighted by Crippen LogP contribution is 2.23. The second-order valence-electron chi connectivity index (χ2n) is 6.05. The topological polar surface area (TPSA) is 86.7 Å². The molecule has 0 atom stereocenters. The molecule has 0 fully saturated rings. The third-order valence-corrected chi connectivity index (χ3v) is 6.06. The number of hydrogen-bond donors (Lipinski definition) is 0. The maximum absolute atomic E-state index is 12.4. The van der Waals surface area contributed by atoms with Gasteiger partial charge in [0, 0.05) is 30.7 Å². The molecule has 0 aliphatic carbocycles. The van der Waals surface area contributed by atoms with E-state index in [9.17, 15) is 14.9 Å². The summed E-state index contributed by atoms with van der Waals surface area (Å²) in [5.41, 5.74) is 1.84. The van der Waals surface area contributed by atoms with Crippen LogP contribution in [0.1, 0.15) is 5.56 Å². The normalized spacial score (nSPS) is 11.9. The van der Waals surface area contributed by atoms with Gasteiger partial charge in [-0.3, -0.25) is 14.9 Å². The number of nitrogens with zero attached hydrogens (tertiary/aromatic N) is 3. The third-order valence-electron chi connectivity index (χ3n) is 4.00. The average Bonchev–Trinajstić information content (AvgIpc) is 3.01. The summed E-state index contributed by atoms with van der Waals surface area (Å²) in [4.78, 5) is 28.8. The molecule has 2 aromatic carbocycles. The molecule has 0 aliphatic heterocycles. The molecule has 3 rings (SSSR count). The largest absolute Gasteiger partial charge is 0.383 e. The lowest BCUT2D eigenvalue weighted by Gasteiger charge is -2.04. The van der Waals surface area contributed by atoms with E-state index < -0.39 is 4.92 Å². The third kappa shape index (κ3) is 4.86. The van der Waals surface area contributed by atoms with Crippen LogP contribution in [0.5, 0.6) is 0 Å². The number of thiazole rings is 1. The highest BCUT2D eigenvalue weighted by atomic mass is 32.2. The van der Waals surface area contributed by atoms with Gasteiger partial charge in [0.05, 0.1) is 27.5 Å². The number of carbonyl (C=O) groups is 1. The molecule has 28 heavy (non-hydrogen) atoms. The van der Waals surface area contributed by atoms with E-state index in [1.165, 1.54) is 40.8 Å². The van der Waals surface area contributed by atoms with Crippen molar-refractivity contribution in [3.63, 3.8) is 0 Å². The molecule has 0 saturated heterocycles. The number of non-ortho nitro benzene ring substituents is 1. The first-order valence-corrected chi connectivity index (χ1v) is 10.3. The van der Waals surface area contributed by atoms with E-state index >= 15 is 0 Å². The van der Waals surface area contributed by atoms with Crippen molar-refractivity contribution in [1.82, 2.24) is 4.57 Å². The van der Waals surface area contributed by atoms with Crippen molar-refractivity contribution in [3.8, 4) is 0 Å². The Morgan fingerprint density at radius 3 is 2.71 bits per heavy atom. The Kier molecular flexibility index (Phi) is 6.61. The zero-order chi connectivity index (χ0) is 20.1. The Balaban J connectivity index is 1.89. The van der Waals surface area contributed by atoms with Crippen LogP contribution >= 0.6 is 23.1 Å². The van der Waals surface area contributed by atoms with Crippen molar-refractivity contribution >= 4 is 44.9 Å². The molecule has 0 bridgehead atoms. The number of nitro groups is 1. The second-order valence-corrected chi connectivity index (χ2v) is 8.10. The van der Waals surface area contributed by atoms with Gasteiger partial charge < -0.3 is 9.30 Å². The van der Waals surface area contributed by atoms with E-state index in [2.05, 4.69) is 4.99 Å². The number of benzene rings is 2. The van der Waals surface area contributed by atoms with E-state index in [1.54, 1.807) is 17.7 Å². The smallest absolute Gasteiger partial charge is 0.271 e. The molecule has 0 unspecified atom stereocenters. The summed E-state index contributed by atoms with van der Waals surface area (Å²) in [5.74, 6) is -0.0281. The molecule has 0 radical (unpaired) electrons. The Morgan fingerprint density at radius 2 is 2.04 bits per heavy atom. The lowest BCUT2D eigenvalue weighted by Crippen LogP contribution is -2.19. The summed E-state index contributed by atoms with van der Waals surface area (Å²) < 4.78 is 7.77. The van der Waals surface area contributed by atoms with E-state index in [4.69, 9.17) is 4.74 Å². The monoisotopic (exact) mass is 417 g/mol. The molecule has 146 valence electrons. The van der Waals surface area contributed by atoms with Crippen LogP contribution in [0.2, 0.25) is 0 Å². The number of thioether (sulfide) groups is 1. The van der Waals surface area contributed by atoms with E-state index in [1.807, 2.05) is 31.2 Å². The maximum Gasteiger partial charge on any atom is 0.271 e. The van der Waals surface area contributed by atoms with Gasteiger partial charge in [-0.15, -0.1) is 11.8 Å². The van der Waals surface area contributed by atoms with Gasteiger partial charge >= 0.3 is 0 Å². The molecule has 0 spiro atoms. The summed E-state index contributed by atoms with van der Waals surface area (Å²) in [6.45, 7) is 2.88. The van der Waals surface area contributed by atoms with E-state index in [0.717, 1.165) is 9.60 Å². The predicted octanol–water partition coefficient (Wildman–Crippen LogP) is 3.79. The molecular formula is C19H19N3O4S2. The SMILES string of the molecule is COCCn1c(=NC(=O)CSc2ccc(C)cc2)sc2ccc([N+](=O)[O-])cc21. The van der Waals surface area contributed by atoms with Gasteiger partial charge in [0.25, 0.3) is 11.6 Å². The fourth-order valence-electron chi connectivity index (χ4n) is 2.57. The highest BCUT2D eigenvalue weighted by molar-refractivity contribution is 8.00. The first-order chi connectivity index (χ1) is 13.5. The Hall–Kier alpha value is -2.49. The number of rotatable bonds is 7. The molecule has 9 heteroatoms. The van der Waals surface area contributed by atoms with Crippen LogP contribution in [0.4, 0.5) is 5.69 Å². The molecule has 7 nitrogen and oxygen atoms in total. The molecule has 0 saturated carbocycles. The van der Waals surface area contributed by atoms with Gasteiger partial charge in [-0.25, -0.2) is 0 Å². The molecule has 0 N–H and O–H groups in total. The van der Waals surface area contributed by atoms with Crippen LogP contribution in [0.3, 0.4) is 0 Å². The van der Waals surface area contributed by atoms with Gasteiger partial charge in [0.15, 0.2) is 4.80 Å². The number of aryl methyl sites for hydroxylation is 1. The van der Waals surface area contributed by atoms with Crippen molar-refractivity contribution < 1.29 is 14.5 Å². The summed E-state index contributed by atoms with van der Waals surface area (Å²) in [6.07, 6.45) is 0. The number of methoxy groups -OCH3 is 1. The first-order valence-electron chi connectivity index (χ1n) is 8.51. The van der Waals surface area contributed by atoms with Crippen molar-refractivity contribution in [1.29, 1.82) is 0 Å². The number of fused-ring (bicyclic) bond motifs is 1. The van der Waals surface area contributed by atoms with Gasteiger partial charge in [-0.1, -0.05) is 29.0 Å². The van der Waals surface area contributed by atoms with Crippen LogP contribution < -0.4 is 4.80 Å². The summed E-state index contributed by atoms with van der Waals surface area (Å²) in [7, 11) is 1.58. The molecular weight excluding hydrogens is 398 g/mol. The van der Waals surface area contributed by atoms with E-state index in [-0.39, 0.29) is 17.3 Å². The fourth-order valence-corrected chi connectivity index (χ4v) is 4.31. The zero-order valence-electron chi connectivity index (χ0n) is 15.5. The van der Waals surface area contributed by atoms with E-state index in [0.29, 0.717) is 23.5 Å². The number of nitro benzene ring substituents is 1. The molecule has 1 amide bonds. The van der Waals surface area contributed by atoms with Crippen molar-refractivity contribution in [2.45, 2.75) is 18.4 Å². The summed E-state index contributed by atoms with van der Waals surface area (Å²) >= 11 is 2.77. The van der Waals surface area contributed by atoms with Gasteiger partial charge in [-0.05, 0) is 25.1 Å². The standard InChI is InChI=1S/C19H19N3O4S2/c1-13-3-6-15(7-4-13)27-12-18(23)20-19-21(9-10-26-2)16-11-14(22(24)25)5-8-17(16)28-19/h3-8,11H,9-10,12H2,1-2H3. The Labute approximate surface area is 169 Å². The zero-order valence-corrected chi connectivity index (χ0v) is 17.1. The number of aromatic nitrogens is 1. The fraction of sp³-hybridized carbons (Fsp3) is 0.263. The number of amides is 1. The number of carbonyl (C=O) groups excluding carboxylic acids is 1. The van der Waals surface area contributed by atoms with Crippen molar-refractivity contribution in [2.75, 3.05) is 19.5 Å². The minimum absolute atomic E-state index is 0.00395. The summed E-state index contributed by atoms with van der Waals surface area (Å²) in [5, 5.41) is 11.1. The van der Waals surface area contributed by atoms with Gasteiger partial charge in [0.2, 0.25) is 0 Å². The Bertz CT molecular complexity index is 1070. The molecule has 3 aromatic rings. The van der Waals surface area contributed by atoms with Crippen LogP contribution in [-0.4, -0.2) is 34.9 Å². The average molecular weight is 418 g/mol. The Morgan fingerprint density at radius 1 is 1.29 bits per heavy atom. The molecule has 0 aliphatic rings. The number of hydrogen-bond acceptors (Lipinski definition) is 6. The van der Waals surface area contributed by atoms with Crippen LogP contribution in [0.25, 0.3) is 10.2 Å². The van der Waals surface area contributed by atoms with Gasteiger partial charge in [0.1, 0.15) is 0 Å². The number of ether oxygens (including phenoxy) is 1. The van der Waals surface area contributed by atoms with Gasteiger partial charge in [-0.2, -0.15) is 4.99 Å². The lowest BCUT2D eigenvalue weighted by atomic mass is 10.2. The first kappa shape index (κ1) is 20.2. The van der Waals surface area contributed by atoms with Crippen LogP contribution in [0.15, 0.2) is 52.4 Å². The molecule has 1 heterocycles. The minimum Gasteiger partial charge on any atom is -0.383 e. The van der Waals surface area contributed by atoms with Crippen molar-refractivity contribution in [3.05, 3.63) is 62.9 Å². The van der Waals surface area contributed by atoms with Crippen LogP contribution in [0, 0.1) is 17.0 Å². The minimum atomic E-state index is -0.433. The second kappa shape index (κ2) is 9.13. The van der Waals surface area contributed by atoms with Crippen molar-refractivity contribution in [2.24, 2.45) is 4.99 Å². The quantitative estimate of drug-likeness (QED) is 0.332. The summed E-state index contributed by atoms with van der Waals surface area (Å²) in [6, 6.07) is 12.6. The van der Waals surface area contributed by atoms with Crippen LogP contribution in [-0.2, 0) is 16.1 Å². The highest BCUT2D eigenvalue weighted by Gasteiger charge is 2.13. The lowest BCUT2D eigenvalue weighted by molar-refractivity contribution is -0.384. The maximum atomic E-state index is 12.4. The molecule has 1 aromatic heterocycles.